The fourth-order valence-electron chi connectivity index (χ4n) is 2.67. The van der Waals surface area contributed by atoms with Crippen LogP contribution in [0.5, 0.6) is 0 Å². The van der Waals surface area contributed by atoms with Crippen LogP contribution in [0.25, 0.3) is 22.6 Å². The monoisotopic (exact) mass is 301 g/mol. The van der Waals surface area contributed by atoms with E-state index in [1.165, 1.54) is 5.56 Å². The molecule has 0 spiro atoms. The minimum absolute atomic E-state index is 0.636. The number of anilines is 1. The molecule has 0 unspecified atom stereocenters. The summed E-state index contributed by atoms with van der Waals surface area (Å²) in [6, 6.07) is 15.9. The topological polar surface area (TPSA) is 69.6 Å². The molecule has 3 heterocycles. The van der Waals surface area contributed by atoms with E-state index in [4.69, 9.17) is 10.7 Å². The molecule has 0 saturated carbocycles. The molecule has 5 nitrogen and oxygen atoms in total. The number of nitrogen functional groups attached to an aromatic ring is 1. The largest absolute Gasteiger partial charge is 0.397 e. The van der Waals surface area contributed by atoms with Gasteiger partial charge in [0.2, 0.25) is 0 Å². The van der Waals surface area contributed by atoms with E-state index in [0.29, 0.717) is 12.2 Å². The third-order valence-electron chi connectivity index (χ3n) is 3.79. The average Bonchev–Trinajstić information content (AvgIpc) is 2.97. The second kappa shape index (κ2) is 5.53. The Bertz CT molecular complexity index is 945. The van der Waals surface area contributed by atoms with Crippen LogP contribution in [0.15, 0.2) is 67.1 Å². The highest BCUT2D eigenvalue weighted by molar-refractivity contribution is 5.87. The Hall–Kier alpha value is -3.21. The third kappa shape index (κ3) is 2.42. The average molecular weight is 301 g/mol. The first-order valence-electron chi connectivity index (χ1n) is 7.38. The van der Waals surface area contributed by atoms with Gasteiger partial charge < -0.3 is 10.3 Å². The molecule has 1 aromatic carbocycles. The summed E-state index contributed by atoms with van der Waals surface area (Å²) in [6.45, 7) is 0.686. The van der Waals surface area contributed by atoms with E-state index in [9.17, 15) is 0 Å². The standard InChI is InChI=1S/C18H15N5/c19-15-8-11-21-18-16(15)22-17(14-6-9-20-10-7-14)23(18)12-13-4-2-1-3-5-13/h1-11H,12H2,(H2,19,21). The maximum Gasteiger partial charge on any atom is 0.162 e. The van der Waals surface area contributed by atoms with Crippen LogP contribution in [-0.2, 0) is 6.54 Å². The fourth-order valence-corrected chi connectivity index (χ4v) is 2.67. The first kappa shape index (κ1) is 13.5. The number of pyridine rings is 2. The van der Waals surface area contributed by atoms with Gasteiger partial charge in [-0.1, -0.05) is 30.3 Å². The van der Waals surface area contributed by atoms with E-state index in [1.54, 1.807) is 24.7 Å². The Kier molecular flexibility index (Phi) is 3.24. The highest BCUT2D eigenvalue weighted by Gasteiger charge is 2.15. The fraction of sp³-hybridized carbons (Fsp3) is 0.0556. The Morgan fingerprint density at radius 3 is 2.48 bits per heavy atom. The van der Waals surface area contributed by atoms with Crippen molar-refractivity contribution in [3.05, 3.63) is 72.7 Å². The van der Waals surface area contributed by atoms with Crippen molar-refractivity contribution in [2.24, 2.45) is 0 Å². The number of hydrogen-bond acceptors (Lipinski definition) is 4. The number of rotatable bonds is 3. The zero-order chi connectivity index (χ0) is 15.6. The number of benzene rings is 1. The van der Waals surface area contributed by atoms with Gasteiger partial charge >= 0.3 is 0 Å². The van der Waals surface area contributed by atoms with Gasteiger partial charge in [-0.15, -0.1) is 0 Å². The van der Waals surface area contributed by atoms with Gasteiger partial charge in [0.25, 0.3) is 0 Å². The molecule has 0 atom stereocenters. The highest BCUT2D eigenvalue weighted by Crippen LogP contribution is 2.27. The zero-order valence-electron chi connectivity index (χ0n) is 12.4. The van der Waals surface area contributed by atoms with Crippen LogP contribution in [0, 0.1) is 0 Å². The molecule has 4 rings (SSSR count). The van der Waals surface area contributed by atoms with Crippen molar-refractivity contribution in [1.82, 2.24) is 19.5 Å². The Morgan fingerprint density at radius 2 is 1.70 bits per heavy atom. The van der Waals surface area contributed by atoms with Crippen molar-refractivity contribution < 1.29 is 0 Å². The predicted molar refractivity (Wildman–Crippen MR) is 90.7 cm³/mol. The number of fused-ring (bicyclic) bond motifs is 1. The second-order valence-corrected chi connectivity index (χ2v) is 5.32. The van der Waals surface area contributed by atoms with Crippen molar-refractivity contribution in [2.75, 3.05) is 5.73 Å². The molecule has 4 aromatic rings. The van der Waals surface area contributed by atoms with Crippen LogP contribution in [0.4, 0.5) is 5.69 Å². The molecule has 112 valence electrons. The molecule has 0 radical (unpaired) electrons. The van der Waals surface area contributed by atoms with Crippen LogP contribution < -0.4 is 5.73 Å². The number of hydrogen-bond donors (Lipinski definition) is 1. The van der Waals surface area contributed by atoms with Crippen LogP contribution in [-0.4, -0.2) is 19.5 Å². The quantitative estimate of drug-likeness (QED) is 0.631. The highest BCUT2D eigenvalue weighted by atomic mass is 15.1. The van der Waals surface area contributed by atoms with Crippen molar-refractivity contribution in [3.8, 4) is 11.4 Å². The molecule has 0 aliphatic heterocycles. The minimum atomic E-state index is 0.636. The molecule has 0 aliphatic rings. The zero-order valence-corrected chi connectivity index (χ0v) is 12.4. The lowest BCUT2D eigenvalue weighted by Gasteiger charge is -2.09. The van der Waals surface area contributed by atoms with Crippen molar-refractivity contribution in [2.45, 2.75) is 6.54 Å². The van der Waals surface area contributed by atoms with Crippen LogP contribution in [0.3, 0.4) is 0 Å². The molecule has 2 N–H and O–H groups in total. The summed E-state index contributed by atoms with van der Waals surface area (Å²) in [6.07, 6.45) is 5.24. The number of nitrogens with zero attached hydrogens (tertiary/aromatic N) is 4. The van der Waals surface area contributed by atoms with E-state index >= 15 is 0 Å². The molecular weight excluding hydrogens is 286 g/mol. The number of aromatic nitrogens is 4. The Balaban J connectivity index is 1.94. The van der Waals surface area contributed by atoms with Gasteiger partial charge in [-0.2, -0.15) is 0 Å². The SMILES string of the molecule is Nc1ccnc2c1nc(-c1ccncc1)n2Cc1ccccc1. The lowest BCUT2D eigenvalue weighted by atomic mass is 10.2. The molecule has 0 fully saturated rings. The van der Waals surface area contributed by atoms with E-state index in [2.05, 4.69) is 26.7 Å². The molecule has 0 bridgehead atoms. The summed E-state index contributed by atoms with van der Waals surface area (Å²) in [4.78, 5) is 13.3. The van der Waals surface area contributed by atoms with E-state index in [0.717, 1.165) is 22.6 Å². The van der Waals surface area contributed by atoms with Gasteiger partial charge in [-0.05, 0) is 23.8 Å². The summed E-state index contributed by atoms with van der Waals surface area (Å²) >= 11 is 0. The Labute approximate surface area is 133 Å². The summed E-state index contributed by atoms with van der Waals surface area (Å²) in [5.74, 6) is 0.844. The molecular formula is C18H15N5. The molecule has 0 aliphatic carbocycles. The van der Waals surface area contributed by atoms with Gasteiger partial charge in [0.1, 0.15) is 11.3 Å². The maximum absolute atomic E-state index is 6.08. The summed E-state index contributed by atoms with van der Waals surface area (Å²) < 4.78 is 2.09. The van der Waals surface area contributed by atoms with Crippen molar-refractivity contribution in [1.29, 1.82) is 0 Å². The van der Waals surface area contributed by atoms with Crippen LogP contribution in [0.1, 0.15) is 5.56 Å². The molecule has 0 amide bonds. The Morgan fingerprint density at radius 1 is 0.913 bits per heavy atom. The van der Waals surface area contributed by atoms with Crippen LogP contribution in [0.2, 0.25) is 0 Å². The summed E-state index contributed by atoms with van der Waals surface area (Å²) in [7, 11) is 0. The summed E-state index contributed by atoms with van der Waals surface area (Å²) in [5.41, 5.74) is 10.4. The lowest BCUT2D eigenvalue weighted by Crippen LogP contribution is -2.03. The van der Waals surface area contributed by atoms with Crippen LogP contribution >= 0.6 is 0 Å². The van der Waals surface area contributed by atoms with Gasteiger partial charge in [-0.3, -0.25) is 4.98 Å². The molecule has 23 heavy (non-hydrogen) atoms. The number of nitrogens with two attached hydrogens (primary N) is 1. The smallest absolute Gasteiger partial charge is 0.162 e. The van der Waals surface area contributed by atoms with E-state index in [1.807, 2.05) is 30.3 Å². The minimum Gasteiger partial charge on any atom is -0.397 e. The normalized spacial score (nSPS) is 11.0. The maximum atomic E-state index is 6.08. The van der Waals surface area contributed by atoms with Crippen molar-refractivity contribution >= 4 is 16.9 Å². The molecule has 3 aromatic heterocycles. The first-order chi connectivity index (χ1) is 11.3. The van der Waals surface area contributed by atoms with Gasteiger partial charge in [0, 0.05) is 24.2 Å². The predicted octanol–water partition coefficient (Wildman–Crippen LogP) is 3.12. The first-order valence-corrected chi connectivity index (χ1v) is 7.38. The van der Waals surface area contributed by atoms with E-state index < -0.39 is 0 Å². The second-order valence-electron chi connectivity index (χ2n) is 5.32. The van der Waals surface area contributed by atoms with E-state index in [-0.39, 0.29) is 0 Å². The lowest BCUT2D eigenvalue weighted by molar-refractivity contribution is 0.824. The molecule has 5 heteroatoms. The van der Waals surface area contributed by atoms with Gasteiger partial charge in [-0.25, -0.2) is 9.97 Å². The molecule has 0 saturated heterocycles. The van der Waals surface area contributed by atoms with Crippen molar-refractivity contribution in [3.63, 3.8) is 0 Å². The van der Waals surface area contributed by atoms with Gasteiger partial charge in [0.15, 0.2) is 5.65 Å². The number of imidazole rings is 1. The van der Waals surface area contributed by atoms with Gasteiger partial charge in [0.05, 0.1) is 12.2 Å². The summed E-state index contributed by atoms with van der Waals surface area (Å²) in [5, 5.41) is 0. The third-order valence-corrected chi connectivity index (χ3v) is 3.79.